The summed E-state index contributed by atoms with van der Waals surface area (Å²) in [6, 6.07) is 8.57. The number of hydrogen-bond acceptors (Lipinski definition) is 7. The van der Waals surface area contributed by atoms with E-state index in [2.05, 4.69) is 15.5 Å². The number of anilines is 1. The maximum Gasteiger partial charge on any atom is 0.234 e. The van der Waals surface area contributed by atoms with Gasteiger partial charge in [0.25, 0.3) is 0 Å². The van der Waals surface area contributed by atoms with Crippen molar-refractivity contribution in [3.8, 4) is 5.75 Å². The first-order valence-corrected chi connectivity index (χ1v) is 10.3. The fourth-order valence-electron chi connectivity index (χ4n) is 2.66. The predicted molar refractivity (Wildman–Crippen MR) is 113 cm³/mol. The summed E-state index contributed by atoms with van der Waals surface area (Å²) < 4.78 is 12.4. The molecule has 2 heterocycles. The Morgan fingerprint density at radius 2 is 2.17 bits per heavy atom. The zero-order chi connectivity index (χ0) is 21.5. The summed E-state index contributed by atoms with van der Waals surface area (Å²) in [6.07, 6.45) is 2.06. The zero-order valence-electron chi connectivity index (χ0n) is 16.1. The Labute approximate surface area is 181 Å². The predicted octanol–water partition coefficient (Wildman–Crippen LogP) is 2.73. The van der Waals surface area contributed by atoms with Crippen LogP contribution < -0.4 is 15.8 Å². The average Bonchev–Trinajstić information content (AvgIpc) is 3.35. The highest BCUT2D eigenvalue weighted by molar-refractivity contribution is 7.99. The molecular weight excluding hydrogens is 430 g/mol. The van der Waals surface area contributed by atoms with Crippen LogP contribution in [0.15, 0.2) is 46.2 Å². The van der Waals surface area contributed by atoms with E-state index in [-0.39, 0.29) is 18.1 Å². The maximum absolute atomic E-state index is 12.4. The normalized spacial score (nSPS) is 10.7. The molecule has 0 unspecified atom stereocenters. The van der Waals surface area contributed by atoms with Crippen molar-refractivity contribution in [1.29, 1.82) is 0 Å². The van der Waals surface area contributed by atoms with E-state index in [1.807, 2.05) is 6.07 Å². The molecule has 0 saturated carbocycles. The highest BCUT2D eigenvalue weighted by atomic mass is 35.5. The van der Waals surface area contributed by atoms with Crippen molar-refractivity contribution in [3.05, 3.63) is 53.2 Å². The van der Waals surface area contributed by atoms with Gasteiger partial charge in [-0.2, -0.15) is 0 Å². The average molecular weight is 450 g/mol. The maximum atomic E-state index is 12.4. The fraction of sp³-hybridized carbons (Fsp3) is 0.263. The van der Waals surface area contributed by atoms with Gasteiger partial charge in [-0.3, -0.25) is 14.2 Å². The molecule has 0 saturated heterocycles. The van der Waals surface area contributed by atoms with Crippen LogP contribution in [-0.4, -0.2) is 39.4 Å². The lowest BCUT2D eigenvalue weighted by atomic mass is 10.3. The lowest BCUT2D eigenvalue weighted by Crippen LogP contribution is -2.16. The lowest BCUT2D eigenvalue weighted by molar-refractivity contribution is -0.118. The molecule has 1 aromatic carbocycles. The van der Waals surface area contributed by atoms with Gasteiger partial charge >= 0.3 is 0 Å². The van der Waals surface area contributed by atoms with Crippen molar-refractivity contribution < 1.29 is 18.7 Å². The molecule has 3 N–H and O–H groups in total. The van der Waals surface area contributed by atoms with E-state index in [4.69, 9.17) is 26.5 Å². The molecule has 0 atom stereocenters. The van der Waals surface area contributed by atoms with Crippen LogP contribution in [0.1, 0.15) is 18.0 Å². The first kappa shape index (κ1) is 21.7. The van der Waals surface area contributed by atoms with Crippen molar-refractivity contribution >= 4 is 40.9 Å². The van der Waals surface area contributed by atoms with Crippen LogP contribution in [0.5, 0.6) is 5.75 Å². The largest absolute Gasteiger partial charge is 0.495 e. The Hall–Kier alpha value is -2.98. The van der Waals surface area contributed by atoms with Gasteiger partial charge in [-0.25, -0.2) is 0 Å². The van der Waals surface area contributed by atoms with Crippen LogP contribution >= 0.6 is 23.4 Å². The molecule has 2 aromatic heterocycles. The van der Waals surface area contributed by atoms with Crippen molar-refractivity contribution in [2.75, 3.05) is 18.2 Å². The number of nitrogens with two attached hydrogens (primary N) is 1. The van der Waals surface area contributed by atoms with Gasteiger partial charge in [0.2, 0.25) is 11.8 Å². The van der Waals surface area contributed by atoms with E-state index in [0.29, 0.717) is 46.2 Å². The minimum absolute atomic E-state index is 0.0851. The van der Waals surface area contributed by atoms with E-state index in [0.717, 1.165) is 0 Å². The number of primary amides is 1. The molecule has 0 bridgehead atoms. The highest BCUT2D eigenvalue weighted by Crippen LogP contribution is 2.28. The summed E-state index contributed by atoms with van der Waals surface area (Å²) in [6.45, 7) is 0.375. The number of methoxy groups -OCH3 is 1. The molecule has 158 valence electrons. The van der Waals surface area contributed by atoms with Gasteiger partial charge in [-0.05, 0) is 30.3 Å². The zero-order valence-corrected chi connectivity index (χ0v) is 17.7. The smallest absolute Gasteiger partial charge is 0.234 e. The van der Waals surface area contributed by atoms with Crippen molar-refractivity contribution in [3.63, 3.8) is 0 Å². The Kier molecular flexibility index (Phi) is 7.36. The molecule has 0 aliphatic heterocycles. The number of benzene rings is 1. The number of hydrogen-bond donors (Lipinski definition) is 2. The lowest BCUT2D eigenvalue weighted by Gasteiger charge is -2.11. The van der Waals surface area contributed by atoms with Crippen LogP contribution in [0.2, 0.25) is 5.02 Å². The van der Waals surface area contributed by atoms with Crippen LogP contribution in [0.4, 0.5) is 5.69 Å². The molecule has 11 heteroatoms. The molecule has 2 amide bonds. The Balaban J connectivity index is 1.70. The van der Waals surface area contributed by atoms with Crippen molar-refractivity contribution in [1.82, 2.24) is 14.8 Å². The van der Waals surface area contributed by atoms with Crippen LogP contribution in [-0.2, 0) is 22.6 Å². The summed E-state index contributed by atoms with van der Waals surface area (Å²) in [7, 11) is 1.51. The number of rotatable bonds is 10. The summed E-state index contributed by atoms with van der Waals surface area (Å²) >= 11 is 7.21. The van der Waals surface area contributed by atoms with E-state index in [1.54, 1.807) is 35.1 Å². The van der Waals surface area contributed by atoms with Gasteiger partial charge < -0.3 is 20.2 Å². The first-order valence-electron chi connectivity index (χ1n) is 8.95. The molecule has 3 rings (SSSR count). The van der Waals surface area contributed by atoms with Crippen LogP contribution in [0.25, 0.3) is 0 Å². The molecular formula is C19H20ClN5O4S. The molecule has 0 aliphatic carbocycles. The standard InChI is InChI=1S/C19H20ClN5O4S/c1-28-15-5-4-12(20)9-14(15)22-18(27)11-30-19-24-23-17(7-6-16(21)26)25(19)10-13-3-2-8-29-13/h2-5,8-9H,6-7,10-11H2,1H3,(H2,21,26)(H,22,27). The number of halogens is 1. The number of nitrogens with one attached hydrogen (secondary N) is 1. The molecule has 0 radical (unpaired) electrons. The van der Waals surface area contributed by atoms with Gasteiger partial charge in [0.05, 0.1) is 31.4 Å². The summed E-state index contributed by atoms with van der Waals surface area (Å²) in [5.41, 5.74) is 5.73. The number of carbonyl (C=O) groups excluding carboxylic acids is 2. The number of carbonyl (C=O) groups is 2. The molecule has 0 fully saturated rings. The van der Waals surface area contributed by atoms with E-state index >= 15 is 0 Å². The molecule has 9 nitrogen and oxygen atoms in total. The second kappa shape index (κ2) is 10.2. The first-order chi connectivity index (χ1) is 14.5. The minimum atomic E-state index is -0.424. The van der Waals surface area contributed by atoms with E-state index in [9.17, 15) is 9.59 Å². The number of ether oxygens (including phenoxy) is 1. The second-order valence-electron chi connectivity index (χ2n) is 6.21. The highest BCUT2D eigenvalue weighted by Gasteiger charge is 2.17. The topological polar surface area (TPSA) is 125 Å². The Morgan fingerprint density at radius 1 is 1.33 bits per heavy atom. The number of thioether (sulfide) groups is 1. The van der Waals surface area contributed by atoms with Crippen molar-refractivity contribution in [2.24, 2.45) is 5.73 Å². The van der Waals surface area contributed by atoms with E-state index in [1.165, 1.54) is 18.9 Å². The third-order valence-electron chi connectivity index (χ3n) is 4.05. The molecule has 0 aliphatic rings. The number of amides is 2. The number of aryl methyl sites for hydroxylation is 1. The van der Waals surface area contributed by atoms with Gasteiger partial charge in [-0.1, -0.05) is 23.4 Å². The van der Waals surface area contributed by atoms with E-state index < -0.39 is 5.91 Å². The summed E-state index contributed by atoms with van der Waals surface area (Å²) in [5, 5.41) is 12.1. The SMILES string of the molecule is COc1ccc(Cl)cc1NC(=O)CSc1nnc(CCC(N)=O)n1Cc1ccco1. The summed E-state index contributed by atoms with van der Waals surface area (Å²) in [4.78, 5) is 23.6. The molecule has 0 spiro atoms. The Morgan fingerprint density at radius 3 is 2.87 bits per heavy atom. The second-order valence-corrected chi connectivity index (χ2v) is 7.59. The van der Waals surface area contributed by atoms with Crippen molar-refractivity contribution in [2.45, 2.75) is 24.5 Å². The molecule has 30 heavy (non-hydrogen) atoms. The van der Waals surface area contributed by atoms with Gasteiger partial charge in [-0.15, -0.1) is 10.2 Å². The third-order valence-corrected chi connectivity index (χ3v) is 5.25. The minimum Gasteiger partial charge on any atom is -0.495 e. The number of nitrogens with zero attached hydrogens (tertiary/aromatic N) is 3. The Bertz CT molecular complexity index is 1020. The number of aromatic nitrogens is 3. The van der Waals surface area contributed by atoms with Gasteiger partial charge in [0.1, 0.15) is 17.3 Å². The summed E-state index contributed by atoms with van der Waals surface area (Å²) in [5.74, 6) is 1.20. The monoisotopic (exact) mass is 449 g/mol. The van der Waals surface area contributed by atoms with Gasteiger partial charge in [0.15, 0.2) is 5.16 Å². The molecule has 3 aromatic rings. The van der Waals surface area contributed by atoms with Crippen LogP contribution in [0, 0.1) is 0 Å². The fourth-order valence-corrected chi connectivity index (χ4v) is 3.59. The quantitative estimate of drug-likeness (QED) is 0.456. The third kappa shape index (κ3) is 5.77. The van der Waals surface area contributed by atoms with Crippen LogP contribution in [0.3, 0.4) is 0 Å². The van der Waals surface area contributed by atoms with Gasteiger partial charge in [0, 0.05) is 17.9 Å². The number of furan rings is 1.